The number of amides is 19. The molecule has 5 aliphatic heterocycles. The molecule has 5 fully saturated rings. The van der Waals surface area contributed by atoms with Crippen molar-refractivity contribution in [2.45, 2.75) is 215 Å². The second kappa shape index (κ2) is 56.2. The number of hydrogen-bond acceptors (Lipinski definition) is 26. The van der Waals surface area contributed by atoms with Crippen LogP contribution in [0.3, 0.4) is 0 Å². The summed E-state index contributed by atoms with van der Waals surface area (Å²) in [6.07, 6.45) is 4.75. The number of carbonyl (C=O) groups is 20. The lowest BCUT2D eigenvalue weighted by Gasteiger charge is -2.42. The number of benzene rings is 4. The van der Waals surface area contributed by atoms with E-state index in [4.69, 9.17) is 11.5 Å². The molecule has 12 rings (SSSR count). The van der Waals surface area contributed by atoms with Gasteiger partial charge in [-0.15, -0.1) is 0 Å². The molecule has 0 spiro atoms. The molecule has 3 aromatic heterocycles. The van der Waals surface area contributed by atoms with Crippen LogP contribution in [0, 0.1) is 5.92 Å². The summed E-state index contributed by atoms with van der Waals surface area (Å²) in [6.45, 7) is 1.67. The zero-order chi connectivity index (χ0) is 108. The van der Waals surface area contributed by atoms with Crippen molar-refractivity contribution < 1.29 is 106 Å². The van der Waals surface area contributed by atoms with E-state index in [2.05, 4.69) is 84.1 Å². The number of primary amides is 1. The average Bonchev–Trinajstić information content (AvgIpc) is 1.64. The number of aliphatic carboxylic acids is 1. The van der Waals surface area contributed by atoms with Gasteiger partial charge >= 0.3 is 5.97 Å². The zero-order valence-electron chi connectivity index (χ0n) is 83.9. The Labute approximate surface area is 882 Å². The maximum Gasteiger partial charge on any atom is 0.327 e. The number of carbonyl (C=O) groups excluding carboxylic acids is 19. The van der Waals surface area contributed by atoms with Gasteiger partial charge < -0.3 is 130 Å². The van der Waals surface area contributed by atoms with E-state index in [0.29, 0.717) is 61.4 Å². The summed E-state index contributed by atoms with van der Waals surface area (Å²) in [5.74, 6) is -19.7. The van der Waals surface area contributed by atoms with Crippen molar-refractivity contribution in [3.8, 4) is 0 Å². The third-order valence-electron chi connectivity index (χ3n) is 26.9. The predicted octanol–water partition coefficient (Wildman–Crippen LogP) is -1.01. The van der Waals surface area contributed by atoms with Crippen molar-refractivity contribution in [3.63, 3.8) is 0 Å². The van der Waals surface area contributed by atoms with Gasteiger partial charge in [0.25, 0.3) is 0 Å². The summed E-state index contributed by atoms with van der Waals surface area (Å²) in [7, 11) is 0. The van der Waals surface area contributed by atoms with Gasteiger partial charge in [-0.3, -0.25) is 91.1 Å². The molecule has 7 aromatic rings. The minimum Gasteiger partial charge on any atom is -0.480 e. The van der Waals surface area contributed by atoms with Crippen LogP contribution in [0.15, 0.2) is 122 Å². The third kappa shape index (κ3) is 31.9. The Hall–Kier alpha value is -13.8. The molecule has 150 heavy (non-hydrogen) atoms. The highest BCUT2D eigenvalue weighted by atomic mass is 32.2. The molecular formula is C101H133N23O22S4. The van der Waals surface area contributed by atoms with Gasteiger partial charge in [-0.2, -0.15) is 47.0 Å². The summed E-state index contributed by atoms with van der Waals surface area (Å²) in [6, 6.07) is 7.85. The van der Waals surface area contributed by atoms with E-state index in [9.17, 15) is 58.2 Å². The first-order chi connectivity index (χ1) is 72.1. The molecule has 5 saturated heterocycles. The number of carboxylic acids is 1. The van der Waals surface area contributed by atoms with Gasteiger partial charge in [-0.05, 0) is 116 Å². The highest BCUT2D eigenvalue weighted by Gasteiger charge is 2.45. The Kier molecular flexibility index (Phi) is 43.0. The number of aromatic nitrogens is 3. The fourth-order valence-electron chi connectivity index (χ4n) is 18.6. The van der Waals surface area contributed by atoms with Gasteiger partial charge in [0.1, 0.15) is 84.6 Å². The largest absolute Gasteiger partial charge is 0.480 e. The topological polar surface area (TPSA) is 654 Å². The van der Waals surface area contributed by atoms with Gasteiger partial charge in [0.05, 0.1) is 39.6 Å². The Morgan fingerprint density at radius 1 is 0.473 bits per heavy atom. The zero-order valence-corrected chi connectivity index (χ0v) is 87.2. The summed E-state index contributed by atoms with van der Waals surface area (Å²) >= 11 is 4.32. The number of thioether (sulfide) groups is 4. The molecule has 4 bridgehead atoms. The molecule has 5 aliphatic rings. The van der Waals surface area contributed by atoms with Gasteiger partial charge in [0, 0.05) is 151 Å². The number of unbranched alkanes of at least 4 members (excludes halogenated alkanes) is 1. The van der Waals surface area contributed by atoms with Crippen LogP contribution in [-0.2, 0) is 122 Å². The van der Waals surface area contributed by atoms with Gasteiger partial charge in [-0.1, -0.05) is 105 Å². The molecule has 22 N–H and O–H groups in total. The van der Waals surface area contributed by atoms with Crippen molar-refractivity contribution in [1.29, 1.82) is 0 Å². The number of para-hydroxylation sites is 3. The number of carboxylic acid groups (broad SMARTS) is 1. The summed E-state index contributed by atoms with van der Waals surface area (Å²) < 4.78 is 0. The van der Waals surface area contributed by atoms with Crippen molar-refractivity contribution >= 4 is 198 Å². The number of aliphatic hydroxyl groups is 1. The Morgan fingerprint density at radius 2 is 0.907 bits per heavy atom. The van der Waals surface area contributed by atoms with Crippen LogP contribution in [0.4, 0.5) is 0 Å². The minimum atomic E-state index is -1.95. The average molecular weight is 2150 g/mol. The molecule has 45 nitrogen and oxygen atoms in total. The lowest BCUT2D eigenvalue weighted by atomic mass is 9.96. The molecule has 0 radical (unpaired) electrons. The highest BCUT2D eigenvalue weighted by molar-refractivity contribution is 7.99. The molecule has 4 aromatic carbocycles. The lowest BCUT2D eigenvalue weighted by molar-refractivity contribution is -0.158. The van der Waals surface area contributed by atoms with E-state index in [-0.39, 0.29) is 176 Å². The van der Waals surface area contributed by atoms with Crippen LogP contribution < -0.4 is 80.6 Å². The second-order valence-electron chi connectivity index (χ2n) is 37.7. The summed E-state index contributed by atoms with van der Waals surface area (Å²) in [5, 5.41) is 58.6. The standard InChI is InChI=1S/C101H133N23O22S4/c1-5-57(2)87-98(142)115-73(43-61-47-105-67-25-13-10-22-64(61)67)92(136)118-79(101(145)146)53-150-40-33-86(131)122-55-120-54-121(56-122)85(130)32-39-149-52-78(108-58(3)126)100(144)124-36-17-28-80(124)96(140)114-71(41-59-19-7-6-8-20-59)88(132)107-49-83(128)109-77(51-148-38-31-84(120)129)95(139)111-70(30-37-147-4)90(134)110-69(27-15-16-34-102)89(133)113-74(45-82(103)127)93(137)112-72(42-60-46-104-66-24-12-9-21-63(60)66)91(135)117-76(50-125)94(138)116-75(44-62-48-106-68-26-14-11-23-65(62)68)99(143)123-35-18-29-81(123)97(141)119-87/h6-14,19-26,46-48,57,69-81,87,104-106,125H,5,15-18,27-45,49-56,102H2,1-4H3,(H2,103,127)(H,107,132)(H,108,126)(H,109,128)(H,110,134)(H,111,139)(H,112,137)(H,113,133)(H,114,140)(H,115,142)(H,116,138)(H,117,135)(H,118,136)(H,119,141)(H,145,146)/t57-,69-,70-,71-,72-,73-,74-,75-,76-,77-,78+,79-,80-,81-,87-/m0/s1. The second-order valence-corrected chi connectivity index (χ2v) is 42.2. The van der Waals surface area contributed by atoms with Crippen LogP contribution in [0.2, 0.25) is 0 Å². The normalized spacial score (nSPS) is 24.9. The van der Waals surface area contributed by atoms with Crippen molar-refractivity contribution in [2.24, 2.45) is 17.4 Å². The third-order valence-corrected chi connectivity index (χ3v) is 30.8. The number of aliphatic hydroxyl groups excluding tert-OH is 1. The molecule has 808 valence electrons. The Balaban J connectivity index is 0.888. The Morgan fingerprint density at radius 3 is 1.43 bits per heavy atom. The predicted molar refractivity (Wildman–Crippen MR) is 562 cm³/mol. The SMILES string of the molecule is CC[C@H](C)[C@@H]1NC(=O)[C@@H]2CCCN2C(=O)[C@H](Cc2c[nH]c3ccccc23)NC(=O)[C@H](CO)NC(=O)[C@H](Cc2c[nH]c3ccccc23)NC(=O)[C@H](CC(N)=O)NC(=O)[C@H](CCCCN)NC(=O)[C@H](CCSC)NC(=O)[C@@H]2CSCCC(=O)N3CN(CN(C3)C(=O)CCSC[C@@H](NC(C)=O)C(=O)N3CCC[C@H]3C(=O)N[C@@H](Cc3ccccc3)C(=O)NCC(=O)N2)C(=O)CCSC[C@@H](C(=O)O)NC(=O)[C@H](Cc2c[nH]c3ccccc23)NC1=O. The highest BCUT2D eigenvalue weighted by Crippen LogP contribution is 2.29. The molecule has 49 heteroatoms. The van der Waals surface area contributed by atoms with Crippen molar-refractivity contribution in [3.05, 3.63) is 144 Å². The quantitative estimate of drug-likeness (QED) is 0.0361. The minimum absolute atomic E-state index is 0.0298. The molecule has 8 heterocycles. The molecule has 19 amide bonds. The monoisotopic (exact) mass is 2150 g/mol. The molecule has 0 saturated carbocycles. The number of nitrogens with zero attached hydrogens (tertiary/aromatic N) is 5. The van der Waals surface area contributed by atoms with E-state index in [1.165, 1.54) is 43.2 Å². The van der Waals surface area contributed by atoms with Crippen LogP contribution >= 0.6 is 47.0 Å². The smallest absolute Gasteiger partial charge is 0.327 e. The number of nitrogens with one attached hydrogen (secondary N) is 16. The first kappa shape index (κ1) is 115. The van der Waals surface area contributed by atoms with Gasteiger partial charge in [-0.25, -0.2) is 4.79 Å². The Bertz CT molecular complexity index is 6030. The number of fused-ring (bicyclic) bond motifs is 12. The number of nitrogens with two attached hydrogens (primary N) is 2. The number of rotatable bonds is 22. The van der Waals surface area contributed by atoms with Crippen LogP contribution in [-0.4, -0.2) is 352 Å². The first-order valence-electron chi connectivity index (χ1n) is 50.2. The summed E-state index contributed by atoms with van der Waals surface area (Å²) in [4.78, 5) is 310. The van der Waals surface area contributed by atoms with Crippen molar-refractivity contribution in [2.75, 3.05) is 99.3 Å². The van der Waals surface area contributed by atoms with Crippen LogP contribution in [0.1, 0.15) is 126 Å². The number of H-pyrrole nitrogens is 3. The van der Waals surface area contributed by atoms with Crippen LogP contribution in [0.25, 0.3) is 32.7 Å². The van der Waals surface area contributed by atoms with Gasteiger partial charge in [0.15, 0.2) is 0 Å². The number of aromatic amines is 3. The van der Waals surface area contributed by atoms with Gasteiger partial charge in [0.2, 0.25) is 112 Å². The van der Waals surface area contributed by atoms with E-state index in [0.717, 1.165) is 35.3 Å². The lowest BCUT2D eigenvalue weighted by Crippen LogP contribution is -2.62. The first-order valence-corrected chi connectivity index (χ1v) is 55.0. The van der Waals surface area contributed by atoms with E-state index < -0.39 is 228 Å². The molecule has 0 aliphatic carbocycles. The maximum atomic E-state index is 15.7. The number of hydrogen-bond donors (Lipinski definition) is 20. The van der Waals surface area contributed by atoms with E-state index >= 15 is 47.9 Å². The van der Waals surface area contributed by atoms with Crippen molar-refractivity contribution in [1.82, 2.24) is 109 Å². The van der Waals surface area contributed by atoms with E-state index in [1.807, 2.05) is 0 Å². The summed E-state index contributed by atoms with van der Waals surface area (Å²) in [5.41, 5.74) is 15.7. The van der Waals surface area contributed by atoms with E-state index in [1.54, 1.807) is 142 Å². The van der Waals surface area contributed by atoms with Crippen LogP contribution in [0.5, 0.6) is 0 Å². The molecule has 0 unspecified atom stereocenters. The molecule has 15 atom stereocenters. The fourth-order valence-corrected chi connectivity index (χ4v) is 21.9. The maximum absolute atomic E-state index is 15.7. The fraction of sp³-hybridized carbons (Fsp3) is 0.505. The molecular weight excluding hydrogens is 2020 g/mol.